The van der Waals surface area contributed by atoms with Gasteiger partial charge in [-0.1, -0.05) is 64.1 Å². The van der Waals surface area contributed by atoms with Gasteiger partial charge in [0.05, 0.1) is 22.8 Å². The molecule has 0 aliphatic rings. The fraction of sp³-hybridized carbons (Fsp3) is 0.417. The second-order valence-electron chi connectivity index (χ2n) is 7.83. The van der Waals surface area contributed by atoms with E-state index >= 15 is 0 Å². The Kier molecular flexibility index (Phi) is 11.6. The molecule has 2 aromatic rings. The van der Waals surface area contributed by atoms with Gasteiger partial charge in [0.25, 0.3) is 0 Å². The predicted octanol–water partition coefficient (Wildman–Crippen LogP) is 8.77. The first-order valence-electron chi connectivity index (χ1n) is 9.76. The number of hydrogen-bond donors (Lipinski definition) is 0. The van der Waals surface area contributed by atoms with Gasteiger partial charge in [-0.15, -0.1) is 0 Å². The van der Waals surface area contributed by atoms with Crippen molar-refractivity contribution in [3.05, 3.63) is 58.7 Å². The quantitative estimate of drug-likeness (QED) is 0.255. The SMILES string of the molecule is Cc1cccc(C)c1N=C(C(=Nc1c(C)cccc1C)C(C)C)C(C)C.[Br][Ni][Br]. The van der Waals surface area contributed by atoms with Crippen LogP contribution >= 0.6 is 28.5 Å². The molecule has 2 nitrogen and oxygen atoms in total. The van der Waals surface area contributed by atoms with Crippen molar-refractivity contribution in [2.45, 2.75) is 55.4 Å². The molecule has 0 aromatic heterocycles. The van der Waals surface area contributed by atoms with Crippen LogP contribution in [0.15, 0.2) is 46.4 Å². The van der Waals surface area contributed by atoms with E-state index in [-0.39, 0.29) is 0 Å². The van der Waals surface area contributed by atoms with Crippen molar-refractivity contribution in [1.82, 2.24) is 0 Å². The zero-order chi connectivity index (χ0) is 22.1. The molecule has 0 radical (unpaired) electrons. The van der Waals surface area contributed by atoms with Crippen molar-refractivity contribution in [3.63, 3.8) is 0 Å². The van der Waals surface area contributed by atoms with Crippen LogP contribution in [0.3, 0.4) is 0 Å². The van der Waals surface area contributed by atoms with Crippen LogP contribution in [-0.4, -0.2) is 11.4 Å². The van der Waals surface area contributed by atoms with Crippen LogP contribution in [-0.2, 0) is 10.9 Å². The molecule has 0 N–H and O–H groups in total. The summed E-state index contributed by atoms with van der Waals surface area (Å²) in [6.45, 7) is 17.3. The fourth-order valence-electron chi connectivity index (χ4n) is 3.17. The molecular weight excluding hydrogens is 535 g/mol. The number of nitrogens with zero attached hydrogens (tertiary/aromatic N) is 2. The molecule has 0 aliphatic carbocycles. The van der Waals surface area contributed by atoms with Gasteiger partial charge < -0.3 is 0 Å². The molecule has 0 aliphatic heterocycles. The van der Waals surface area contributed by atoms with Crippen LogP contribution < -0.4 is 0 Å². The second-order valence-corrected chi connectivity index (χ2v) is 12.8. The number of hydrogen-bond acceptors (Lipinski definition) is 2. The van der Waals surface area contributed by atoms with Gasteiger partial charge in [-0.25, -0.2) is 0 Å². The summed E-state index contributed by atoms with van der Waals surface area (Å²) in [7, 11) is 1.25. The van der Waals surface area contributed by atoms with E-state index < -0.39 is 0 Å². The van der Waals surface area contributed by atoms with E-state index in [9.17, 15) is 0 Å². The van der Waals surface area contributed by atoms with Gasteiger partial charge in [-0.05, 0) is 61.8 Å². The van der Waals surface area contributed by atoms with Gasteiger partial charge in [-0.2, -0.15) is 0 Å². The average Bonchev–Trinajstić information content (AvgIpc) is 2.62. The first-order chi connectivity index (χ1) is 13.6. The summed E-state index contributed by atoms with van der Waals surface area (Å²) >= 11 is 6.00. The molecule has 0 saturated carbocycles. The minimum atomic E-state index is 0.305. The molecule has 2 rings (SSSR count). The molecule has 0 unspecified atom stereocenters. The first kappa shape index (κ1) is 26.3. The van der Waals surface area contributed by atoms with Crippen LogP contribution in [0.1, 0.15) is 49.9 Å². The van der Waals surface area contributed by atoms with E-state index in [0.717, 1.165) is 22.8 Å². The van der Waals surface area contributed by atoms with Gasteiger partial charge in [-0.3, -0.25) is 9.98 Å². The number of para-hydroxylation sites is 2. The molecule has 0 fully saturated rings. The molecule has 0 spiro atoms. The predicted molar refractivity (Wildman–Crippen MR) is 134 cm³/mol. The Labute approximate surface area is 197 Å². The summed E-state index contributed by atoms with van der Waals surface area (Å²) in [6.07, 6.45) is 0. The maximum atomic E-state index is 5.12. The topological polar surface area (TPSA) is 24.7 Å². The Bertz CT molecular complexity index is 759. The Morgan fingerprint density at radius 3 is 1.10 bits per heavy atom. The molecule has 0 amide bonds. The number of benzene rings is 2. The molecule has 2 aromatic carbocycles. The summed E-state index contributed by atoms with van der Waals surface area (Å²) in [5.41, 5.74) is 9.14. The monoisotopic (exact) mass is 564 g/mol. The molecule has 5 heteroatoms. The molecule has 162 valence electrons. The van der Waals surface area contributed by atoms with E-state index in [1.54, 1.807) is 0 Å². The summed E-state index contributed by atoms with van der Waals surface area (Å²) in [5, 5.41) is 0. The second kappa shape index (κ2) is 12.8. The molecule has 0 bridgehead atoms. The van der Waals surface area contributed by atoms with Gasteiger partial charge in [0.15, 0.2) is 0 Å². The fourth-order valence-corrected chi connectivity index (χ4v) is 3.17. The van der Waals surface area contributed by atoms with Crippen molar-refractivity contribution in [1.29, 1.82) is 0 Å². The zero-order valence-electron chi connectivity index (χ0n) is 18.6. The van der Waals surface area contributed by atoms with Gasteiger partial charge >= 0.3 is 39.3 Å². The first-order valence-corrected chi connectivity index (χ1v) is 14.6. The standard InChI is InChI=1S/C24H32N2.2BrH.Ni/c1-15(2)21(25-23-17(5)11-9-12-18(23)6)22(16(3)4)26-24-19(7)13-10-14-20(24)8;;;/h9-16H,1-8H3;2*1H;/q;;;+2/p-2. The number of halogens is 2. The molecule has 0 heterocycles. The normalized spacial score (nSPS) is 12.4. The third-order valence-electron chi connectivity index (χ3n) is 4.70. The number of aliphatic imine (C=N–C) groups is 2. The van der Waals surface area contributed by atoms with Gasteiger partial charge in [0, 0.05) is 0 Å². The van der Waals surface area contributed by atoms with Gasteiger partial charge in [0.2, 0.25) is 0 Å². The summed E-state index contributed by atoms with van der Waals surface area (Å²) < 4.78 is 0. The Hall–Kier alpha value is -0.766. The van der Waals surface area contributed by atoms with E-state index in [0.29, 0.717) is 11.8 Å². The van der Waals surface area contributed by atoms with E-state index in [4.69, 9.17) is 9.98 Å². The van der Waals surface area contributed by atoms with E-state index in [2.05, 4.69) is 120 Å². The van der Waals surface area contributed by atoms with Crippen molar-refractivity contribution < 1.29 is 10.9 Å². The third-order valence-corrected chi connectivity index (χ3v) is 4.70. The molecular formula is C24H32Br2N2Ni. The van der Waals surface area contributed by atoms with E-state index in [1.807, 2.05) is 0 Å². The Morgan fingerprint density at radius 1 is 0.655 bits per heavy atom. The van der Waals surface area contributed by atoms with Crippen molar-refractivity contribution in [2.24, 2.45) is 21.8 Å². The van der Waals surface area contributed by atoms with Crippen LogP contribution in [0.25, 0.3) is 0 Å². The molecule has 0 saturated heterocycles. The van der Waals surface area contributed by atoms with Crippen molar-refractivity contribution >= 4 is 51.2 Å². The van der Waals surface area contributed by atoms with Crippen LogP contribution in [0.2, 0.25) is 0 Å². The number of rotatable bonds is 5. The van der Waals surface area contributed by atoms with E-state index in [1.165, 1.54) is 33.2 Å². The average molecular weight is 567 g/mol. The molecule has 29 heavy (non-hydrogen) atoms. The van der Waals surface area contributed by atoms with Crippen LogP contribution in [0.4, 0.5) is 11.4 Å². The zero-order valence-corrected chi connectivity index (χ0v) is 22.7. The summed E-state index contributed by atoms with van der Waals surface area (Å²) in [6, 6.07) is 12.7. The Balaban J connectivity index is 0.00000132. The summed E-state index contributed by atoms with van der Waals surface area (Å²) in [5.74, 6) is 0.610. The van der Waals surface area contributed by atoms with Crippen molar-refractivity contribution in [2.75, 3.05) is 0 Å². The minimum absolute atomic E-state index is 0.305. The van der Waals surface area contributed by atoms with Crippen molar-refractivity contribution in [3.8, 4) is 0 Å². The molecule has 0 atom stereocenters. The maximum absolute atomic E-state index is 5.12. The number of aryl methyl sites for hydroxylation is 4. The third kappa shape index (κ3) is 7.77. The van der Waals surface area contributed by atoms with Crippen LogP contribution in [0, 0.1) is 39.5 Å². The summed E-state index contributed by atoms with van der Waals surface area (Å²) in [4.78, 5) is 10.2. The Morgan fingerprint density at radius 2 is 0.897 bits per heavy atom. The van der Waals surface area contributed by atoms with Gasteiger partial charge in [0.1, 0.15) is 0 Å². The van der Waals surface area contributed by atoms with Crippen LogP contribution in [0.5, 0.6) is 0 Å².